The minimum absolute atomic E-state index is 0.129. The van der Waals surface area contributed by atoms with Crippen LogP contribution in [-0.2, 0) is 9.53 Å². The Labute approximate surface area is 102 Å². The SMILES string of the molecule is COC(=O)C(CCO)Oc1ccc(Br)cc1. The van der Waals surface area contributed by atoms with E-state index in [9.17, 15) is 4.79 Å². The number of ether oxygens (including phenoxy) is 2. The fourth-order valence-corrected chi connectivity index (χ4v) is 1.42. The third kappa shape index (κ3) is 3.83. The molecule has 0 bridgehead atoms. The molecule has 5 heteroatoms. The lowest BCUT2D eigenvalue weighted by molar-refractivity contribution is -0.149. The summed E-state index contributed by atoms with van der Waals surface area (Å²) in [7, 11) is 1.29. The van der Waals surface area contributed by atoms with Crippen LogP contribution in [0, 0.1) is 0 Å². The molecule has 1 aromatic rings. The Morgan fingerprint density at radius 3 is 2.56 bits per heavy atom. The van der Waals surface area contributed by atoms with Crippen molar-refractivity contribution in [1.29, 1.82) is 0 Å². The highest BCUT2D eigenvalue weighted by atomic mass is 79.9. The van der Waals surface area contributed by atoms with E-state index < -0.39 is 12.1 Å². The van der Waals surface area contributed by atoms with Gasteiger partial charge in [-0.2, -0.15) is 0 Å². The predicted molar refractivity (Wildman–Crippen MR) is 62.3 cm³/mol. The summed E-state index contributed by atoms with van der Waals surface area (Å²) in [5, 5.41) is 8.81. The highest BCUT2D eigenvalue weighted by Gasteiger charge is 2.20. The number of hydrogen-bond donors (Lipinski definition) is 1. The van der Waals surface area contributed by atoms with E-state index in [2.05, 4.69) is 20.7 Å². The fraction of sp³-hybridized carbons (Fsp3) is 0.364. The minimum Gasteiger partial charge on any atom is -0.479 e. The minimum atomic E-state index is -0.767. The zero-order valence-corrected chi connectivity index (χ0v) is 10.4. The number of carbonyl (C=O) groups excluding carboxylic acids is 1. The Morgan fingerprint density at radius 1 is 1.44 bits per heavy atom. The van der Waals surface area contributed by atoms with Gasteiger partial charge in [0.25, 0.3) is 0 Å². The molecule has 4 nitrogen and oxygen atoms in total. The van der Waals surface area contributed by atoms with Gasteiger partial charge in [0.05, 0.1) is 7.11 Å². The number of halogens is 1. The molecule has 0 heterocycles. The molecule has 1 unspecified atom stereocenters. The van der Waals surface area contributed by atoms with Gasteiger partial charge in [-0.1, -0.05) is 15.9 Å². The molecular weight excluding hydrogens is 276 g/mol. The molecule has 0 amide bonds. The molecule has 1 N–H and O–H groups in total. The van der Waals surface area contributed by atoms with Crippen molar-refractivity contribution in [2.45, 2.75) is 12.5 Å². The molecule has 0 saturated carbocycles. The maximum Gasteiger partial charge on any atom is 0.347 e. The maximum atomic E-state index is 11.3. The second-order valence-electron chi connectivity index (χ2n) is 3.10. The Kier molecular flexibility index (Phi) is 5.28. The van der Waals surface area contributed by atoms with Gasteiger partial charge in [0.1, 0.15) is 5.75 Å². The van der Waals surface area contributed by atoms with Gasteiger partial charge >= 0.3 is 5.97 Å². The summed E-state index contributed by atoms with van der Waals surface area (Å²) >= 11 is 3.30. The normalized spacial score (nSPS) is 11.9. The maximum absolute atomic E-state index is 11.3. The first-order chi connectivity index (χ1) is 7.67. The quantitative estimate of drug-likeness (QED) is 0.839. The van der Waals surface area contributed by atoms with E-state index in [1.165, 1.54) is 7.11 Å². The summed E-state index contributed by atoms with van der Waals surface area (Å²) in [5.41, 5.74) is 0. The van der Waals surface area contributed by atoms with Crippen molar-refractivity contribution < 1.29 is 19.4 Å². The third-order valence-electron chi connectivity index (χ3n) is 1.95. The summed E-state index contributed by atoms with van der Waals surface area (Å²) in [5.74, 6) is 0.0732. The van der Waals surface area contributed by atoms with Crippen LogP contribution in [0.25, 0.3) is 0 Å². The number of benzene rings is 1. The molecule has 0 spiro atoms. The monoisotopic (exact) mass is 288 g/mol. The average molecular weight is 289 g/mol. The highest BCUT2D eigenvalue weighted by Crippen LogP contribution is 2.18. The van der Waals surface area contributed by atoms with E-state index in [4.69, 9.17) is 9.84 Å². The first-order valence-electron chi connectivity index (χ1n) is 4.78. The molecule has 0 radical (unpaired) electrons. The van der Waals surface area contributed by atoms with Gasteiger partial charge in [-0.25, -0.2) is 4.79 Å². The molecule has 1 aromatic carbocycles. The number of esters is 1. The van der Waals surface area contributed by atoms with Crippen LogP contribution in [0.4, 0.5) is 0 Å². The van der Waals surface area contributed by atoms with Gasteiger partial charge < -0.3 is 14.6 Å². The molecule has 1 rings (SSSR count). The van der Waals surface area contributed by atoms with Crippen LogP contribution in [0.15, 0.2) is 28.7 Å². The lowest BCUT2D eigenvalue weighted by Crippen LogP contribution is -2.29. The highest BCUT2D eigenvalue weighted by molar-refractivity contribution is 9.10. The largest absolute Gasteiger partial charge is 0.479 e. The molecule has 0 fully saturated rings. The summed E-state index contributed by atoms with van der Waals surface area (Å²) in [6.45, 7) is -0.129. The van der Waals surface area contributed by atoms with E-state index in [1.54, 1.807) is 12.1 Å². The molecule has 0 aliphatic heterocycles. The standard InChI is InChI=1S/C11H13BrO4/c1-15-11(14)10(6-7-13)16-9-4-2-8(12)3-5-9/h2-5,10,13H,6-7H2,1H3. The molecule has 0 aliphatic carbocycles. The first-order valence-corrected chi connectivity index (χ1v) is 5.57. The van der Waals surface area contributed by atoms with Gasteiger partial charge in [0.15, 0.2) is 6.10 Å². The van der Waals surface area contributed by atoms with Crippen LogP contribution in [-0.4, -0.2) is 30.9 Å². The Balaban J connectivity index is 2.67. The summed E-state index contributed by atoms with van der Waals surface area (Å²) < 4.78 is 10.9. The second-order valence-corrected chi connectivity index (χ2v) is 4.01. The van der Waals surface area contributed by atoms with E-state index in [0.717, 1.165) is 4.47 Å². The number of rotatable bonds is 5. The van der Waals surface area contributed by atoms with Gasteiger partial charge in [-0.05, 0) is 24.3 Å². The van der Waals surface area contributed by atoms with Crippen LogP contribution >= 0.6 is 15.9 Å². The van der Waals surface area contributed by atoms with Crippen molar-refractivity contribution in [3.05, 3.63) is 28.7 Å². The van der Waals surface area contributed by atoms with Crippen molar-refractivity contribution in [1.82, 2.24) is 0 Å². The van der Waals surface area contributed by atoms with Crippen LogP contribution in [0.3, 0.4) is 0 Å². The van der Waals surface area contributed by atoms with Crippen LogP contribution in [0.2, 0.25) is 0 Å². The Bertz CT molecular complexity index is 336. The number of methoxy groups -OCH3 is 1. The van der Waals surface area contributed by atoms with E-state index in [1.807, 2.05) is 12.1 Å². The molecule has 1 atom stereocenters. The van der Waals surface area contributed by atoms with Crippen LogP contribution < -0.4 is 4.74 Å². The van der Waals surface area contributed by atoms with E-state index in [0.29, 0.717) is 5.75 Å². The van der Waals surface area contributed by atoms with Gasteiger partial charge in [0, 0.05) is 17.5 Å². The van der Waals surface area contributed by atoms with Crippen molar-refractivity contribution >= 4 is 21.9 Å². The number of aliphatic hydroxyl groups excluding tert-OH is 1. The summed E-state index contributed by atoms with van der Waals surface area (Å²) in [6, 6.07) is 7.08. The fourth-order valence-electron chi connectivity index (χ4n) is 1.15. The Hall–Kier alpha value is -1.07. The molecule has 16 heavy (non-hydrogen) atoms. The predicted octanol–water partition coefficient (Wildman–Crippen LogP) is 1.75. The lowest BCUT2D eigenvalue weighted by atomic mass is 10.2. The van der Waals surface area contributed by atoms with Crippen molar-refractivity contribution in [3.8, 4) is 5.75 Å². The van der Waals surface area contributed by atoms with Crippen molar-refractivity contribution in [3.63, 3.8) is 0 Å². The topological polar surface area (TPSA) is 55.8 Å². The van der Waals surface area contributed by atoms with E-state index >= 15 is 0 Å². The molecular formula is C11H13BrO4. The number of carbonyl (C=O) groups is 1. The smallest absolute Gasteiger partial charge is 0.347 e. The Morgan fingerprint density at radius 2 is 2.06 bits per heavy atom. The van der Waals surface area contributed by atoms with Crippen molar-refractivity contribution in [2.75, 3.05) is 13.7 Å². The summed E-state index contributed by atoms with van der Waals surface area (Å²) in [4.78, 5) is 11.3. The van der Waals surface area contributed by atoms with Crippen LogP contribution in [0.1, 0.15) is 6.42 Å². The first kappa shape index (κ1) is 13.0. The zero-order chi connectivity index (χ0) is 12.0. The summed E-state index contributed by atoms with van der Waals surface area (Å²) in [6.07, 6.45) is -0.556. The zero-order valence-electron chi connectivity index (χ0n) is 8.85. The third-order valence-corrected chi connectivity index (χ3v) is 2.48. The number of aliphatic hydroxyl groups is 1. The molecule has 0 aromatic heterocycles. The lowest BCUT2D eigenvalue weighted by Gasteiger charge is -2.15. The van der Waals surface area contributed by atoms with Crippen LogP contribution in [0.5, 0.6) is 5.75 Å². The van der Waals surface area contributed by atoms with Gasteiger partial charge in [-0.15, -0.1) is 0 Å². The van der Waals surface area contributed by atoms with Crippen molar-refractivity contribution in [2.24, 2.45) is 0 Å². The average Bonchev–Trinajstić information content (AvgIpc) is 2.30. The van der Waals surface area contributed by atoms with E-state index in [-0.39, 0.29) is 13.0 Å². The van der Waals surface area contributed by atoms with Gasteiger partial charge in [0.2, 0.25) is 0 Å². The molecule has 88 valence electrons. The van der Waals surface area contributed by atoms with Gasteiger partial charge in [-0.3, -0.25) is 0 Å². The second kappa shape index (κ2) is 6.50. The number of hydrogen-bond acceptors (Lipinski definition) is 4. The molecule has 0 saturated heterocycles. The molecule has 0 aliphatic rings.